The van der Waals surface area contributed by atoms with E-state index in [1.165, 1.54) is 0 Å². The summed E-state index contributed by atoms with van der Waals surface area (Å²) in [6.45, 7) is 2.42. The molecule has 3 N–H and O–H groups in total. The highest BCUT2D eigenvalue weighted by atomic mass is 16.1. The average Bonchev–Trinajstić information content (AvgIpc) is 3.56. The van der Waals surface area contributed by atoms with Gasteiger partial charge in [0, 0.05) is 64.7 Å². The molecule has 176 valence electrons. The van der Waals surface area contributed by atoms with Crippen molar-refractivity contribution < 1.29 is 4.79 Å². The van der Waals surface area contributed by atoms with Gasteiger partial charge in [0.15, 0.2) is 0 Å². The van der Waals surface area contributed by atoms with E-state index in [2.05, 4.69) is 59.7 Å². The summed E-state index contributed by atoms with van der Waals surface area (Å²) in [4.78, 5) is 27.7. The van der Waals surface area contributed by atoms with Crippen LogP contribution in [0.5, 0.6) is 0 Å². The molecule has 0 saturated heterocycles. The molecule has 0 saturated carbocycles. The fraction of sp³-hybridized carbons (Fsp3) is 0.107. The van der Waals surface area contributed by atoms with Crippen molar-refractivity contribution in [1.82, 2.24) is 30.1 Å². The third kappa shape index (κ3) is 3.98. The van der Waals surface area contributed by atoms with Crippen molar-refractivity contribution in [3.05, 3.63) is 79.5 Å². The predicted molar refractivity (Wildman–Crippen MR) is 141 cm³/mol. The molecule has 0 fully saturated rings. The first-order valence-electron chi connectivity index (χ1n) is 11.7. The van der Waals surface area contributed by atoms with Gasteiger partial charge in [-0.15, -0.1) is 0 Å². The molecule has 6 rings (SSSR count). The molecule has 8 heteroatoms. The number of nitrogens with zero attached hydrogens (tertiary/aromatic N) is 4. The monoisotopic (exact) mass is 473 g/mol. The maximum absolute atomic E-state index is 10.9. The first kappa shape index (κ1) is 21.7. The van der Waals surface area contributed by atoms with E-state index in [4.69, 9.17) is 0 Å². The standard InChI is InChI=1S/C28H23N7O/c1-17(16-36)11-31-20-8-19(13-30-14-20)25-10-23-27(15-32-25)34-35-28(23)26-9-22-21(5-2-6-24(22)33-26)18-4-3-7-29-12-18/h2-10,12-17,31,33H,11H2,1H3,(H,34,35). The second-order valence-electron chi connectivity index (χ2n) is 8.84. The molecule has 1 aromatic carbocycles. The maximum atomic E-state index is 10.9. The molecule has 0 aliphatic heterocycles. The first-order chi connectivity index (χ1) is 17.7. The van der Waals surface area contributed by atoms with Crippen LogP contribution in [0.3, 0.4) is 0 Å². The van der Waals surface area contributed by atoms with E-state index in [9.17, 15) is 4.79 Å². The van der Waals surface area contributed by atoms with E-state index in [-0.39, 0.29) is 5.92 Å². The fourth-order valence-corrected chi connectivity index (χ4v) is 4.34. The van der Waals surface area contributed by atoms with E-state index >= 15 is 0 Å². The highest BCUT2D eigenvalue weighted by Crippen LogP contribution is 2.34. The van der Waals surface area contributed by atoms with Gasteiger partial charge in [0.25, 0.3) is 0 Å². The Kier molecular flexibility index (Phi) is 5.46. The smallest absolute Gasteiger partial charge is 0.124 e. The SMILES string of the molecule is CC(C=O)CNc1cncc(-c2cc3c(-c4cc5c(-c6cccnc6)cccc5[nH]4)n[nH]c3cn2)c1. The van der Waals surface area contributed by atoms with Gasteiger partial charge >= 0.3 is 0 Å². The minimum atomic E-state index is -0.0772. The number of carbonyl (C=O) groups excluding carboxylic acids is 1. The van der Waals surface area contributed by atoms with Crippen LogP contribution in [0, 0.1) is 5.92 Å². The molecule has 1 atom stereocenters. The molecule has 36 heavy (non-hydrogen) atoms. The number of rotatable bonds is 7. The lowest BCUT2D eigenvalue weighted by molar-refractivity contribution is -0.110. The molecule has 1 unspecified atom stereocenters. The number of fused-ring (bicyclic) bond motifs is 2. The van der Waals surface area contributed by atoms with Crippen LogP contribution in [0.4, 0.5) is 5.69 Å². The van der Waals surface area contributed by atoms with Crippen molar-refractivity contribution in [2.24, 2.45) is 5.92 Å². The van der Waals surface area contributed by atoms with Crippen LogP contribution < -0.4 is 5.32 Å². The Morgan fingerprint density at radius 2 is 1.86 bits per heavy atom. The molecule has 0 aliphatic rings. The molecule has 6 aromatic rings. The Balaban J connectivity index is 1.39. The summed E-state index contributed by atoms with van der Waals surface area (Å²) >= 11 is 0. The summed E-state index contributed by atoms with van der Waals surface area (Å²) in [6, 6.07) is 16.4. The van der Waals surface area contributed by atoms with Crippen molar-refractivity contribution in [2.75, 3.05) is 11.9 Å². The van der Waals surface area contributed by atoms with Gasteiger partial charge in [-0.1, -0.05) is 25.1 Å². The van der Waals surface area contributed by atoms with Gasteiger partial charge in [-0.25, -0.2) is 0 Å². The van der Waals surface area contributed by atoms with E-state index < -0.39 is 0 Å². The highest BCUT2D eigenvalue weighted by molar-refractivity contribution is 6.01. The number of aromatic nitrogens is 6. The van der Waals surface area contributed by atoms with E-state index in [1.807, 2.05) is 37.4 Å². The maximum Gasteiger partial charge on any atom is 0.124 e. The number of pyridine rings is 3. The lowest BCUT2D eigenvalue weighted by Gasteiger charge is -2.09. The lowest BCUT2D eigenvalue weighted by atomic mass is 10.0. The Morgan fingerprint density at radius 3 is 2.72 bits per heavy atom. The number of aromatic amines is 2. The fourth-order valence-electron chi connectivity index (χ4n) is 4.34. The summed E-state index contributed by atoms with van der Waals surface area (Å²) in [7, 11) is 0. The predicted octanol–water partition coefficient (Wildman–Crippen LogP) is 5.48. The van der Waals surface area contributed by atoms with Crippen LogP contribution in [0.2, 0.25) is 0 Å². The largest absolute Gasteiger partial charge is 0.383 e. The number of hydrogen-bond donors (Lipinski definition) is 3. The van der Waals surface area contributed by atoms with Crippen LogP contribution in [-0.4, -0.2) is 43.0 Å². The van der Waals surface area contributed by atoms with Crippen molar-refractivity contribution in [1.29, 1.82) is 0 Å². The molecule has 0 radical (unpaired) electrons. The van der Waals surface area contributed by atoms with Gasteiger partial charge < -0.3 is 15.1 Å². The topological polar surface area (TPSA) is 112 Å². The molecule has 0 bridgehead atoms. The number of hydrogen-bond acceptors (Lipinski definition) is 6. The second kappa shape index (κ2) is 9.07. The zero-order valence-corrected chi connectivity index (χ0v) is 19.6. The number of aldehydes is 1. The van der Waals surface area contributed by atoms with E-state index in [0.29, 0.717) is 6.54 Å². The Morgan fingerprint density at radius 1 is 0.944 bits per heavy atom. The normalized spacial score (nSPS) is 12.1. The van der Waals surface area contributed by atoms with Crippen molar-refractivity contribution >= 4 is 33.8 Å². The Bertz CT molecular complexity index is 1690. The van der Waals surface area contributed by atoms with Crippen LogP contribution in [-0.2, 0) is 4.79 Å². The van der Waals surface area contributed by atoms with Crippen LogP contribution in [0.25, 0.3) is 55.6 Å². The van der Waals surface area contributed by atoms with Gasteiger partial charge in [0.1, 0.15) is 12.0 Å². The summed E-state index contributed by atoms with van der Waals surface area (Å²) < 4.78 is 0. The third-order valence-corrected chi connectivity index (χ3v) is 6.23. The van der Waals surface area contributed by atoms with Gasteiger partial charge in [0.2, 0.25) is 0 Å². The average molecular weight is 474 g/mol. The third-order valence-electron chi connectivity index (χ3n) is 6.23. The summed E-state index contributed by atoms with van der Waals surface area (Å²) in [5, 5.41) is 13.0. The van der Waals surface area contributed by atoms with Crippen molar-refractivity contribution in [3.63, 3.8) is 0 Å². The number of benzene rings is 1. The van der Waals surface area contributed by atoms with Crippen LogP contribution in [0.1, 0.15) is 6.92 Å². The zero-order valence-electron chi connectivity index (χ0n) is 19.6. The number of H-pyrrole nitrogens is 2. The minimum Gasteiger partial charge on any atom is -0.383 e. The molecule has 0 aliphatic carbocycles. The first-order valence-corrected chi connectivity index (χ1v) is 11.7. The summed E-state index contributed by atoms with van der Waals surface area (Å²) in [5.74, 6) is -0.0772. The zero-order chi connectivity index (χ0) is 24.5. The second-order valence-corrected chi connectivity index (χ2v) is 8.84. The number of anilines is 1. The van der Waals surface area contributed by atoms with Crippen molar-refractivity contribution in [3.8, 4) is 33.8 Å². The van der Waals surface area contributed by atoms with Crippen LogP contribution >= 0.6 is 0 Å². The Labute approximate surface area is 206 Å². The highest BCUT2D eigenvalue weighted by Gasteiger charge is 2.15. The van der Waals surface area contributed by atoms with Gasteiger partial charge in [-0.3, -0.25) is 20.1 Å². The van der Waals surface area contributed by atoms with Gasteiger partial charge in [-0.05, 0) is 35.9 Å². The molecule has 0 amide bonds. The van der Waals surface area contributed by atoms with Gasteiger partial charge in [0.05, 0.1) is 28.8 Å². The number of nitrogens with one attached hydrogen (secondary N) is 3. The summed E-state index contributed by atoms with van der Waals surface area (Å²) in [5.41, 5.74) is 8.31. The molecule has 8 nitrogen and oxygen atoms in total. The molecule has 5 heterocycles. The van der Waals surface area contributed by atoms with Gasteiger partial charge in [-0.2, -0.15) is 5.10 Å². The Hall–Kier alpha value is -4.85. The minimum absolute atomic E-state index is 0.0772. The molecule has 5 aromatic heterocycles. The molecular weight excluding hydrogens is 450 g/mol. The lowest BCUT2D eigenvalue weighted by Crippen LogP contribution is -2.12. The number of carbonyl (C=O) groups is 1. The molecule has 0 spiro atoms. The van der Waals surface area contributed by atoms with E-state index in [0.717, 1.165) is 67.6 Å². The quantitative estimate of drug-likeness (QED) is 0.265. The van der Waals surface area contributed by atoms with E-state index in [1.54, 1.807) is 24.8 Å². The van der Waals surface area contributed by atoms with Crippen LogP contribution in [0.15, 0.2) is 79.5 Å². The van der Waals surface area contributed by atoms with Crippen molar-refractivity contribution in [2.45, 2.75) is 6.92 Å². The summed E-state index contributed by atoms with van der Waals surface area (Å²) in [6.07, 6.45) is 9.91. The molecular formula is C28H23N7O.